The first-order valence-corrected chi connectivity index (χ1v) is 7.03. The Bertz CT molecular complexity index is 413. The molecule has 18 heavy (non-hydrogen) atoms. The average molecular weight is 270 g/mol. The van der Waals surface area contributed by atoms with Gasteiger partial charge in [0.25, 0.3) is 0 Å². The summed E-state index contributed by atoms with van der Waals surface area (Å²) >= 11 is 5.82. The quantitative estimate of drug-likeness (QED) is 0.822. The summed E-state index contributed by atoms with van der Waals surface area (Å²) in [4.78, 5) is 0. The Morgan fingerprint density at radius 1 is 1.39 bits per heavy atom. The second-order valence-electron chi connectivity index (χ2n) is 5.95. The van der Waals surface area contributed by atoms with Crippen molar-refractivity contribution in [2.24, 2.45) is 11.3 Å². The van der Waals surface area contributed by atoms with Crippen LogP contribution in [0.2, 0.25) is 5.02 Å². The number of halogens is 2. The molecule has 0 aromatic heterocycles. The number of nitrogens with one attached hydrogen (secondary N) is 1. The molecule has 0 saturated heterocycles. The number of hydrogen-bond donors (Lipinski definition) is 1. The minimum absolute atomic E-state index is 0.235. The summed E-state index contributed by atoms with van der Waals surface area (Å²) in [5.74, 6) is 0.351. The van der Waals surface area contributed by atoms with Gasteiger partial charge in [-0.05, 0) is 54.8 Å². The first-order chi connectivity index (χ1) is 8.51. The molecule has 0 radical (unpaired) electrons. The highest BCUT2D eigenvalue weighted by Crippen LogP contribution is 2.48. The Hall–Kier alpha value is -0.600. The zero-order valence-corrected chi connectivity index (χ0v) is 11.9. The molecular formula is C15H21ClFN. The maximum atomic E-state index is 13.1. The predicted molar refractivity (Wildman–Crippen MR) is 74.5 cm³/mol. The van der Waals surface area contributed by atoms with Crippen molar-refractivity contribution in [2.45, 2.75) is 33.1 Å². The van der Waals surface area contributed by atoms with Crippen LogP contribution >= 0.6 is 11.6 Å². The van der Waals surface area contributed by atoms with Crippen LogP contribution in [0.4, 0.5) is 4.39 Å². The monoisotopic (exact) mass is 269 g/mol. The van der Waals surface area contributed by atoms with Crippen molar-refractivity contribution < 1.29 is 4.39 Å². The first-order valence-electron chi connectivity index (χ1n) is 6.65. The molecule has 1 fully saturated rings. The van der Waals surface area contributed by atoms with Gasteiger partial charge in [-0.2, -0.15) is 0 Å². The molecule has 0 aliphatic heterocycles. The SMILES string of the molecule is CC(C)CNCC1(Cc2ccc(F)c(Cl)c2)CC1. The Balaban J connectivity index is 1.90. The zero-order chi connectivity index (χ0) is 13.2. The third-order valence-corrected chi connectivity index (χ3v) is 3.86. The Labute approximate surface area is 114 Å². The summed E-state index contributed by atoms with van der Waals surface area (Å²) in [7, 11) is 0. The highest BCUT2D eigenvalue weighted by atomic mass is 35.5. The van der Waals surface area contributed by atoms with Gasteiger partial charge in [0.15, 0.2) is 0 Å². The molecule has 1 aromatic carbocycles. The van der Waals surface area contributed by atoms with Crippen LogP contribution in [-0.4, -0.2) is 13.1 Å². The molecule has 1 saturated carbocycles. The van der Waals surface area contributed by atoms with Gasteiger partial charge in [0.05, 0.1) is 5.02 Å². The maximum absolute atomic E-state index is 13.1. The molecule has 2 rings (SSSR count). The van der Waals surface area contributed by atoms with E-state index in [0.29, 0.717) is 11.3 Å². The van der Waals surface area contributed by atoms with Gasteiger partial charge in [0, 0.05) is 6.54 Å². The lowest BCUT2D eigenvalue weighted by Crippen LogP contribution is -2.28. The summed E-state index contributed by atoms with van der Waals surface area (Å²) < 4.78 is 13.1. The van der Waals surface area contributed by atoms with Crippen molar-refractivity contribution in [2.75, 3.05) is 13.1 Å². The number of hydrogen-bond acceptors (Lipinski definition) is 1. The maximum Gasteiger partial charge on any atom is 0.141 e. The molecule has 0 amide bonds. The van der Waals surface area contributed by atoms with Gasteiger partial charge in [-0.3, -0.25) is 0 Å². The van der Waals surface area contributed by atoms with Crippen molar-refractivity contribution in [3.8, 4) is 0 Å². The molecule has 0 atom stereocenters. The first kappa shape index (κ1) is 13.8. The van der Waals surface area contributed by atoms with Crippen LogP contribution in [0.25, 0.3) is 0 Å². The molecule has 0 spiro atoms. The van der Waals surface area contributed by atoms with Crippen LogP contribution in [0.3, 0.4) is 0 Å². The molecule has 1 aliphatic rings. The van der Waals surface area contributed by atoms with E-state index in [0.717, 1.165) is 25.1 Å². The van der Waals surface area contributed by atoms with Gasteiger partial charge >= 0.3 is 0 Å². The van der Waals surface area contributed by atoms with E-state index in [1.165, 1.54) is 18.9 Å². The van der Waals surface area contributed by atoms with Crippen molar-refractivity contribution >= 4 is 11.6 Å². The van der Waals surface area contributed by atoms with E-state index in [-0.39, 0.29) is 10.8 Å². The third kappa shape index (κ3) is 3.69. The lowest BCUT2D eigenvalue weighted by atomic mass is 9.96. The van der Waals surface area contributed by atoms with Crippen LogP contribution in [-0.2, 0) is 6.42 Å². The van der Waals surface area contributed by atoms with Gasteiger partial charge in [-0.1, -0.05) is 31.5 Å². The highest BCUT2D eigenvalue weighted by molar-refractivity contribution is 6.30. The summed E-state index contributed by atoms with van der Waals surface area (Å²) in [6, 6.07) is 5.08. The molecule has 100 valence electrons. The molecule has 1 aliphatic carbocycles. The highest BCUT2D eigenvalue weighted by Gasteiger charge is 2.41. The predicted octanol–water partition coefficient (Wildman–Crippen LogP) is 4.05. The minimum Gasteiger partial charge on any atom is -0.316 e. The van der Waals surface area contributed by atoms with E-state index in [1.807, 2.05) is 6.07 Å². The van der Waals surface area contributed by atoms with E-state index < -0.39 is 0 Å². The van der Waals surface area contributed by atoms with Crippen molar-refractivity contribution in [3.63, 3.8) is 0 Å². The lowest BCUT2D eigenvalue weighted by Gasteiger charge is -2.17. The normalized spacial score (nSPS) is 17.2. The molecule has 3 heteroatoms. The second-order valence-corrected chi connectivity index (χ2v) is 6.36. The Morgan fingerprint density at radius 3 is 2.67 bits per heavy atom. The van der Waals surface area contributed by atoms with E-state index >= 15 is 0 Å². The van der Waals surface area contributed by atoms with Crippen LogP contribution in [0.1, 0.15) is 32.3 Å². The molecule has 0 heterocycles. The number of benzene rings is 1. The molecule has 0 bridgehead atoms. The number of rotatable bonds is 6. The fourth-order valence-electron chi connectivity index (χ4n) is 2.30. The van der Waals surface area contributed by atoms with Crippen molar-refractivity contribution in [1.82, 2.24) is 5.32 Å². The standard InChI is InChI=1S/C15H21ClFN/c1-11(2)9-18-10-15(5-6-15)8-12-3-4-14(17)13(16)7-12/h3-4,7,11,18H,5-6,8-10H2,1-2H3. The lowest BCUT2D eigenvalue weighted by molar-refractivity contribution is 0.431. The smallest absolute Gasteiger partial charge is 0.141 e. The molecule has 1 aromatic rings. The summed E-state index contributed by atoms with van der Waals surface area (Å²) in [6.45, 7) is 6.55. The van der Waals surface area contributed by atoms with Gasteiger partial charge in [0.1, 0.15) is 5.82 Å². The fraction of sp³-hybridized carbons (Fsp3) is 0.600. The summed E-state index contributed by atoms with van der Waals surface area (Å²) in [6.07, 6.45) is 3.51. The average Bonchev–Trinajstić information content (AvgIpc) is 3.03. The van der Waals surface area contributed by atoms with Crippen LogP contribution in [0.15, 0.2) is 18.2 Å². The third-order valence-electron chi connectivity index (χ3n) is 3.57. The van der Waals surface area contributed by atoms with Crippen LogP contribution in [0.5, 0.6) is 0 Å². The molecular weight excluding hydrogens is 249 g/mol. The van der Waals surface area contributed by atoms with Crippen LogP contribution < -0.4 is 5.32 Å². The van der Waals surface area contributed by atoms with Gasteiger partial charge in [-0.15, -0.1) is 0 Å². The van der Waals surface area contributed by atoms with Crippen molar-refractivity contribution in [1.29, 1.82) is 0 Å². The molecule has 1 N–H and O–H groups in total. The molecule has 0 unspecified atom stereocenters. The fourth-order valence-corrected chi connectivity index (χ4v) is 2.50. The van der Waals surface area contributed by atoms with Crippen LogP contribution in [0, 0.1) is 17.2 Å². The Morgan fingerprint density at radius 2 is 2.11 bits per heavy atom. The largest absolute Gasteiger partial charge is 0.316 e. The van der Waals surface area contributed by atoms with E-state index in [9.17, 15) is 4.39 Å². The van der Waals surface area contributed by atoms with Gasteiger partial charge in [0.2, 0.25) is 0 Å². The van der Waals surface area contributed by atoms with Gasteiger partial charge in [-0.25, -0.2) is 4.39 Å². The summed E-state index contributed by atoms with van der Waals surface area (Å²) in [5.41, 5.74) is 1.53. The van der Waals surface area contributed by atoms with E-state index in [2.05, 4.69) is 19.2 Å². The molecule has 1 nitrogen and oxygen atoms in total. The van der Waals surface area contributed by atoms with E-state index in [4.69, 9.17) is 11.6 Å². The summed E-state index contributed by atoms with van der Waals surface area (Å²) in [5, 5.41) is 3.76. The minimum atomic E-state index is -0.330. The topological polar surface area (TPSA) is 12.0 Å². The Kier molecular flexibility index (Phi) is 4.29. The van der Waals surface area contributed by atoms with E-state index in [1.54, 1.807) is 6.07 Å². The van der Waals surface area contributed by atoms with Gasteiger partial charge < -0.3 is 5.32 Å². The van der Waals surface area contributed by atoms with Crippen molar-refractivity contribution in [3.05, 3.63) is 34.6 Å². The second kappa shape index (κ2) is 5.58. The zero-order valence-electron chi connectivity index (χ0n) is 11.1.